The van der Waals surface area contributed by atoms with Crippen LogP contribution in [0.3, 0.4) is 0 Å². The van der Waals surface area contributed by atoms with Crippen LogP contribution in [0.25, 0.3) is 0 Å². The molecule has 2 aromatic rings. The first-order valence-corrected chi connectivity index (χ1v) is 8.43. The highest BCUT2D eigenvalue weighted by molar-refractivity contribution is 7.89. The van der Waals surface area contributed by atoms with Crippen LogP contribution in [0.1, 0.15) is 18.1 Å². The lowest BCUT2D eigenvalue weighted by molar-refractivity contribution is 0.379. The van der Waals surface area contributed by atoms with Crippen molar-refractivity contribution in [2.75, 3.05) is 6.54 Å². The summed E-state index contributed by atoms with van der Waals surface area (Å²) in [5, 5.41) is 0.0832. The average molecular weight is 309 g/mol. The Kier molecular flexibility index (Phi) is 3.58. The SMILES string of the molecule is Cc1nc(S(=O)(=O)NC[C@@H]2CCn3ccnc3C2)cn1C. The van der Waals surface area contributed by atoms with Crippen LogP contribution in [0.4, 0.5) is 0 Å². The number of imidazole rings is 2. The van der Waals surface area contributed by atoms with Gasteiger partial charge in [-0.1, -0.05) is 0 Å². The quantitative estimate of drug-likeness (QED) is 0.890. The van der Waals surface area contributed by atoms with Crippen molar-refractivity contribution in [3.05, 3.63) is 30.2 Å². The maximum Gasteiger partial charge on any atom is 0.259 e. The molecule has 0 spiro atoms. The number of nitrogens with zero attached hydrogens (tertiary/aromatic N) is 4. The predicted molar refractivity (Wildman–Crippen MR) is 77.2 cm³/mol. The van der Waals surface area contributed by atoms with E-state index in [2.05, 4.69) is 19.3 Å². The van der Waals surface area contributed by atoms with E-state index < -0.39 is 10.0 Å². The summed E-state index contributed by atoms with van der Waals surface area (Å²) in [6, 6.07) is 0. The molecule has 0 bridgehead atoms. The molecule has 0 unspecified atom stereocenters. The van der Waals surface area contributed by atoms with Crippen LogP contribution in [0, 0.1) is 12.8 Å². The van der Waals surface area contributed by atoms with E-state index >= 15 is 0 Å². The highest BCUT2D eigenvalue weighted by atomic mass is 32.2. The Bertz CT molecular complexity index is 727. The van der Waals surface area contributed by atoms with Gasteiger partial charge in [-0.15, -0.1) is 0 Å². The van der Waals surface area contributed by atoms with Gasteiger partial charge in [0.15, 0.2) is 5.03 Å². The summed E-state index contributed by atoms with van der Waals surface area (Å²) in [4.78, 5) is 8.36. The summed E-state index contributed by atoms with van der Waals surface area (Å²) in [5.41, 5.74) is 0. The Morgan fingerprint density at radius 2 is 2.29 bits per heavy atom. The van der Waals surface area contributed by atoms with E-state index in [-0.39, 0.29) is 10.9 Å². The van der Waals surface area contributed by atoms with Crippen molar-refractivity contribution >= 4 is 10.0 Å². The zero-order valence-electron chi connectivity index (χ0n) is 12.2. The average Bonchev–Trinajstić information content (AvgIpc) is 3.04. The standard InChI is InChI=1S/C13H19N5O2S/c1-10-16-13(9-17(10)2)21(19,20)15-8-11-3-5-18-6-4-14-12(18)7-11/h4,6,9,11,15H,3,5,7-8H2,1-2H3/t11-/m1/s1. The van der Waals surface area contributed by atoms with Crippen molar-refractivity contribution in [1.29, 1.82) is 0 Å². The molecule has 114 valence electrons. The highest BCUT2D eigenvalue weighted by Gasteiger charge is 2.23. The van der Waals surface area contributed by atoms with Gasteiger partial charge >= 0.3 is 0 Å². The van der Waals surface area contributed by atoms with Crippen LogP contribution in [-0.4, -0.2) is 34.1 Å². The van der Waals surface area contributed by atoms with Gasteiger partial charge in [0.1, 0.15) is 11.6 Å². The molecule has 0 fully saturated rings. The molecule has 3 rings (SSSR count). The van der Waals surface area contributed by atoms with Gasteiger partial charge in [0, 0.05) is 45.1 Å². The summed E-state index contributed by atoms with van der Waals surface area (Å²) >= 11 is 0. The van der Waals surface area contributed by atoms with Crippen molar-refractivity contribution in [2.24, 2.45) is 13.0 Å². The molecule has 0 amide bonds. The first kappa shape index (κ1) is 14.3. The minimum atomic E-state index is -3.53. The van der Waals surface area contributed by atoms with Crippen LogP contribution in [0.15, 0.2) is 23.6 Å². The van der Waals surface area contributed by atoms with Crippen LogP contribution >= 0.6 is 0 Å². The summed E-state index contributed by atoms with van der Waals surface area (Å²) in [5.74, 6) is 1.98. The van der Waals surface area contributed by atoms with Crippen LogP contribution in [0.2, 0.25) is 0 Å². The van der Waals surface area contributed by atoms with E-state index in [0.29, 0.717) is 12.4 Å². The number of hydrogen-bond donors (Lipinski definition) is 1. The molecule has 1 atom stereocenters. The second-order valence-corrected chi connectivity index (χ2v) is 7.20. The van der Waals surface area contributed by atoms with Crippen molar-refractivity contribution in [2.45, 2.75) is 31.3 Å². The van der Waals surface area contributed by atoms with Crippen LogP contribution < -0.4 is 4.72 Å². The monoisotopic (exact) mass is 309 g/mol. The van der Waals surface area contributed by atoms with E-state index in [1.54, 1.807) is 24.7 Å². The molecule has 21 heavy (non-hydrogen) atoms. The molecule has 8 heteroatoms. The Morgan fingerprint density at radius 3 is 3.00 bits per heavy atom. The van der Waals surface area contributed by atoms with Gasteiger partial charge in [0.25, 0.3) is 10.0 Å². The second-order valence-electron chi connectivity index (χ2n) is 5.48. The largest absolute Gasteiger partial charge is 0.337 e. The van der Waals surface area contributed by atoms with Crippen molar-refractivity contribution in [1.82, 2.24) is 23.8 Å². The first-order valence-electron chi connectivity index (χ1n) is 6.95. The zero-order chi connectivity index (χ0) is 15.0. The molecule has 1 N–H and O–H groups in total. The zero-order valence-corrected chi connectivity index (χ0v) is 13.0. The number of rotatable bonds is 4. The smallest absolute Gasteiger partial charge is 0.259 e. The van der Waals surface area contributed by atoms with Crippen LogP contribution in [-0.2, 0) is 30.0 Å². The Morgan fingerprint density at radius 1 is 1.48 bits per heavy atom. The molecule has 7 nitrogen and oxygen atoms in total. The Labute approximate surface area is 124 Å². The molecule has 3 heterocycles. The molecule has 0 radical (unpaired) electrons. The maximum atomic E-state index is 12.2. The van der Waals surface area contributed by atoms with E-state index in [4.69, 9.17) is 0 Å². The van der Waals surface area contributed by atoms with E-state index in [1.165, 1.54) is 6.20 Å². The highest BCUT2D eigenvalue weighted by Crippen LogP contribution is 2.19. The predicted octanol–water partition coefficient (Wildman–Crippen LogP) is 0.466. The fourth-order valence-corrected chi connectivity index (χ4v) is 3.70. The topological polar surface area (TPSA) is 81.8 Å². The molecule has 1 aliphatic heterocycles. The van der Waals surface area contributed by atoms with E-state index in [1.807, 2.05) is 6.20 Å². The summed E-state index contributed by atoms with van der Waals surface area (Å²) < 4.78 is 30.9. The third-order valence-electron chi connectivity index (χ3n) is 3.98. The number of hydrogen-bond acceptors (Lipinski definition) is 4. The Balaban J connectivity index is 1.65. The lowest BCUT2D eigenvalue weighted by Gasteiger charge is -2.23. The summed E-state index contributed by atoms with van der Waals surface area (Å²) in [6.07, 6.45) is 7.04. The molecular formula is C13H19N5O2S. The van der Waals surface area contributed by atoms with Crippen molar-refractivity contribution in [3.63, 3.8) is 0 Å². The fourth-order valence-electron chi connectivity index (χ4n) is 2.55. The van der Waals surface area contributed by atoms with Gasteiger partial charge < -0.3 is 9.13 Å². The molecule has 0 aromatic carbocycles. The number of fused-ring (bicyclic) bond motifs is 1. The first-order chi connectivity index (χ1) is 9.95. The number of aromatic nitrogens is 4. The van der Waals surface area contributed by atoms with Crippen molar-refractivity contribution in [3.8, 4) is 0 Å². The van der Waals surface area contributed by atoms with Gasteiger partial charge in [-0.25, -0.2) is 23.1 Å². The Hall–Kier alpha value is -1.67. The normalized spacial score (nSPS) is 18.7. The number of sulfonamides is 1. The second kappa shape index (κ2) is 5.27. The van der Waals surface area contributed by atoms with Gasteiger partial charge in [-0.05, 0) is 19.3 Å². The third kappa shape index (κ3) is 2.86. The van der Waals surface area contributed by atoms with Gasteiger partial charge in [0.2, 0.25) is 0 Å². The lowest BCUT2D eigenvalue weighted by atomic mass is 9.98. The molecule has 1 aliphatic rings. The van der Waals surface area contributed by atoms with Gasteiger partial charge in [-0.2, -0.15) is 0 Å². The van der Waals surface area contributed by atoms with Crippen molar-refractivity contribution < 1.29 is 8.42 Å². The van der Waals surface area contributed by atoms with Gasteiger partial charge in [-0.3, -0.25) is 0 Å². The molecule has 2 aromatic heterocycles. The van der Waals surface area contributed by atoms with Gasteiger partial charge in [0.05, 0.1) is 0 Å². The lowest BCUT2D eigenvalue weighted by Crippen LogP contribution is -2.33. The molecule has 0 saturated carbocycles. The molecule has 0 saturated heterocycles. The minimum absolute atomic E-state index is 0.0832. The molecular weight excluding hydrogens is 290 g/mol. The van der Waals surface area contributed by atoms with E-state index in [0.717, 1.165) is 25.2 Å². The fraction of sp³-hybridized carbons (Fsp3) is 0.538. The maximum absolute atomic E-state index is 12.2. The van der Waals surface area contributed by atoms with E-state index in [9.17, 15) is 8.42 Å². The summed E-state index contributed by atoms with van der Waals surface area (Å²) in [7, 11) is -1.75. The molecule has 0 aliphatic carbocycles. The number of aryl methyl sites for hydroxylation is 3. The third-order valence-corrected chi connectivity index (χ3v) is 5.27. The summed E-state index contributed by atoms with van der Waals surface area (Å²) in [6.45, 7) is 3.09. The number of nitrogens with one attached hydrogen (secondary N) is 1. The minimum Gasteiger partial charge on any atom is -0.337 e. The van der Waals surface area contributed by atoms with Crippen LogP contribution in [0.5, 0.6) is 0 Å².